The summed E-state index contributed by atoms with van der Waals surface area (Å²) in [5.41, 5.74) is 2.11. The average molecular weight is 403 g/mol. The monoisotopic (exact) mass is 403 g/mol. The highest BCUT2D eigenvalue weighted by Gasteiger charge is 2.15. The molecule has 1 aliphatic heterocycles. The molecule has 0 saturated heterocycles. The van der Waals surface area contributed by atoms with Gasteiger partial charge >= 0.3 is 0 Å². The molecule has 0 saturated carbocycles. The van der Waals surface area contributed by atoms with Gasteiger partial charge in [-0.25, -0.2) is 4.98 Å². The number of carbonyl (C=O) groups excluding carboxylic acids is 1. The number of aryl methyl sites for hydroxylation is 1. The number of nitrogens with zero attached hydrogens (tertiary/aromatic N) is 2. The number of carbonyl (C=O) groups is 1. The zero-order valence-electron chi connectivity index (χ0n) is 17.2. The maximum absolute atomic E-state index is 12.8. The number of rotatable bonds is 5. The van der Waals surface area contributed by atoms with Crippen LogP contribution in [0.4, 0.5) is 5.69 Å². The highest BCUT2D eigenvalue weighted by Crippen LogP contribution is 2.19. The van der Waals surface area contributed by atoms with Gasteiger partial charge < -0.3 is 10.1 Å². The number of ether oxygens (including phenoxy) is 1. The summed E-state index contributed by atoms with van der Waals surface area (Å²) in [5.74, 6) is 1.39. The van der Waals surface area contributed by atoms with Crippen LogP contribution in [0.1, 0.15) is 38.1 Å². The lowest BCUT2D eigenvalue weighted by Gasteiger charge is -2.17. The third kappa shape index (κ3) is 4.43. The predicted octanol–water partition coefficient (Wildman–Crippen LogP) is 4.17. The molecule has 0 bridgehead atoms. The number of hydrogen-bond acceptors (Lipinski definition) is 4. The molecule has 1 amide bonds. The Hall–Kier alpha value is -3.41. The minimum absolute atomic E-state index is 0.0370. The van der Waals surface area contributed by atoms with Crippen LogP contribution in [0, 0.1) is 0 Å². The van der Waals surface area contributed by atoms with Crippen LogP contribution in [0.25, 0.3) is 17.0 Å². The van der Waals surface area contributed by atoms with Gasteiger partial charge in [-0.05, 0) is 68.7 Å². The molecule has 1 aliphatic rings. The Balaban J connectivity index is 1.48. The molecule has 3 aromatic rings. The van der Waals surface area contributed by atoms with Crippen LogP contribution in [0.2, 0.25) is 0 Å². The van der Waals surface area contributed by atoms with E-state index in [1.54, 1.807) is 28.8 Å². The fraction of sp³-hybridized carbons (Fsp3) is 0.292. The molecule has 6 heteroatoms. The van der Waals surface area contributed by atoms with E-state index in [1.165, 1.54) is 6.08 Å². The fourth-order valence-electron chi connectivity index (χ4n) is 3.60. The van der Waals surface area contributed by atoms with Gasteiger partial charge in [0.1, 0.15) is 11.6 Å². The van der Waals surface area contributed by atoms with Crippen molar-refractivity contribution in [1.82, 2.24) is 9.55 Å². The molecule has 2 aromatic carbocycles. The number of anilines is 1. The minimum Gasteiger partial charge on any atom is -0.491 e. The normalized spacial score (nSPS) is 13.6. The van der Waals surface area contributed by atoms with E-state index < -0.39 is 0 Å². The molecule has 2 heterocycles. The van der Waals surface area contributed by atoms with Gasteiger partial charge in [0.25, 0.3) is 5.56 Å². The van der Waals surface area contributed by atoms with Crippen LogP contribution in [-0.4, -0.2) is 21.6 Å². The first-order valence-electron chi connectivity index (χ1n) is 10.3. The van der Waals surface area contributed by atoms with E-state index >= 15 is 0 Å². The molecule has 6 nitrogen and oxygen atoms in total. The Morgan fingerprint density at radius 1 is 1.17 bits per heavy atom. The van der Waals surface area contributed by atoms with Crippen molar-refractivity contribution in [2.24, 2.45) is 0 Å². The Kier molecular flexibility index (Phi) is 5.65. The second kappa shape index (κ2) is 8.53. The van der Waals surface area contributed by atoms with E-state index in [1.807, 2.05) is 38.1 Å². The number of benzene rings is 2. The van der Waals surface area contributed by atoms with Crippen LogP contribution in [0.3, 0.4) is 0 Å². The topological polar surface area (TPSA) is 73.2 Å². The predicted molar refractivity (Wildman–Crippen MR) is 119 cm³/mol. The molecule has 0 fully saturated rings. The van der Waals surface area contributed by atoms with E-state index in [0.717, 1.165) is 36.4 Å². The van der Waals surface area contributed by atoms with Crippen molar-refractivity contribution in [1.29, 1.82) is 0 Å². The zero-order valence-corrected chi connectivity index (χ0v) is 17.2. The Morgan fingerprint density at radius 3 is 2.73 bits per heavy atom. The second-order valence-corrected chi connectivity index (χ2v) is 7.73. The van der Waals surface area contributed by atoms with Gasteiger partial charge in [-0.1, -0.05) is 12.1 Å². The molecule has 30 heavy (non-hydrogen) atoms. The number of hydrogen-bond donors (Lipinski definition) is 1. The number of nitrogens with one attached hydrogen (secondary N) is 1. The maximum atomic E-state index is 12.8. The fourth-order valence-corrected chi connectivity index (χ4v) is 3.60. The summed E-state index contributed by atoms with van der Waals surface area (Å²) in [6, 6.07) is 12.8. The molecule has 1 N–H and O–H groups in total. The maximum Gasteiger partial charge on any atom is 0.261 e. The van der Waals surface area contributed by atoms with E-state index in [4.69, 9.17) is 4.74 Å². The van der Waals surface area contributed by atoms with Crippen LogP contribution in [0.15, 0.2) is 53.3 Å². The summed E-state index contributed by atoms with van der Waals surface area (Å²) in [4.78, 5) is 29.8. The summed E-state index contributed by atoms with van der Waals surface area (Å²) in [6.07, 6.45) is 6.22. The van der Waals surface area contributed by atoms with Crippen molar-refractivity contribution >= 4 is 28.6 Å². The highest BCUT2D eigenvalue weighted by atomic mass is 16.5. The van der Waals surface area contributed by atoms with Crippen LogP contribution in [0.5, 0.6) is 5.75 Å². The lowest BCUT2D eigenvalue weighted by molar-refractivity contribution is -0.111. The molecular formula is C24H25N3O3. The zero-order chi connectivity index (χ0) is 21.1. The largest absolute Gasteiger partial charge is 0.491 e. The number of fused-ring (bicyclic) bond motifs is 2. The van der Waals surface area contributed by atoms with Crippen LogP contribution >= 0.6 is 0 Å². The average Bonchev–Trinajstić information content (AvgIpc) is 2.73. The van der Waals surface area contributed by atoms with Crippen molar-refractivity contribution in [2.45, 2.75) is 45.8 Å². The molecule has 154 valence electrons. The molecule has 0 unspecified atom stereocenters. The minimum atomic E-state index is -0.261. The van der Waals surface area contributed by atoms with Gasteiger partial charge in [-0.3, -0.25) is 14.2 Å². The molecular weight excluding hydrogens is 378 g/mol. The Morgan fingerprint density at radius 2 is 1.97 bits per heavy atom. The Bertz CT molecular complexity index is 1160. The highest BCUT2D eigenvalue weighted by molar-refractivity contribution is 6.02. The standard InChI is InChI=1S/C24H25N3O3/c1-16(2)30-19-10-6-17(7-11-19)8-13-23(28)25-18-9-12-21-20(15-18)24(29)27-14-4-3-5-22(27)26-21/h6-13,15-16H,3-5,14H2,1-2H3,(H,25,28)/b13-8+. The Labute approximate surface area is 175 Å². The van der Waals surface area contributed by atoms with Crippen molar-refractivity contribution in [3.63, 3.8) is 0 Å². The third-order valence-electron chi connectivity index (χ3n) is 5.01. The van der Waals surface area contributed by atoms with E-state index in [0.29, 0.717) is 23.1 Å². The van der Waals surface area contributed by atoms with Crippen molar-refractivity contribution < 1.29 is 9.53 Å². The third-order valence-corrected chi connectivity index (χ3v) is 5.01. The number of amides is 1. The number of aromatic nitrogens is 2. The summed E-state index contributed by atoms with van der Waals surface area (Å²) in [6.45, 7) is 4.66. The molecule has 0 spiro atoms. The van der Waals surface area contributed by atoms with E-state index in [2.05, 4.69) is 10.3 Å². The first-order valence-corrected chi connectivity index (χ1v) is 10.3. The molecule has 1 aromatic heterocycles. The smallest absolute Gasteiger partial charge is 0.261 e. The van der Waals surface area contributed by atoms with Gasteiger partial charge in [-0.2, -0.15) is 0 Å². The summed E-state index contributed by atoms with van der Waals surface area (Å²) >= 11 is 0. The molecule has 0 aliphatic carbocycles. The van der Waals surface area contributed by atoms with Gasteiger partial charge in [0.05, 0.1) is 17.0 Å². The van der Waals surface area contributed by atoms with Crippen LogP contribution < -0.4 is 15.6 Å². The van der Waals surface area contributed by atoms with Gasteiger partial charge in [0.15, 0.2) is 0 Å². The molecule has 0 radical (unpaired) electrons. The van der Waals surface area contributed by atoms with Gasteiger partial charge in [0, 0.05) is 24.7 Å². The lowest BCUT2D eigenvalue weighted by Crippen LogP contribution is -2.28. The SMILES string of the molecule is CC(C)Oc1ccc(/C=C/C(=O)Nc2ccc3nc4n(c(=O)c3c2)CCCC4)cc1. The van der Waals surface area contributed by atoms with Gasteiger partial charge in [-0.15, -0.1) is 0 Å². The summed E-state index contributed by atoms with van der Waals surface area (Å²) < 4.78 is 7.37. The van der Waals surface area contributed by atoms with E-state index in [9.17, 15) is 9.59 Å². The summed E-state index contributed by atoms with van der Waals surface area (Å²) in [5, 5.41) is 3.35. The van der Waals surface area contributed by atoms with Crippen LogP contribution in [-0.2, 0) is 17.8 Å². The summed E-state index contributed by atoms with van der Waals surface area (Å²) in [7, 11) is 0. The van der Waals surface area contributed by atoms with Crippen molar-refractivity contribution in [3.8, 4) is 5.75 Å². The first kappa shape index (κ1) is 19.9. The lowest BCUT2D eigenvalue weighted by atomic mass is 10.1. The van der Waals surface area contributed by atoms with E-state index in [-0.39, 0.29) is 17.6 Å². The first-order chi connectivity index (χ1) is 14.5. The molecule has 0 atom stereocenters. The van der Waals surface area contributed by atoms with Crippen molar-refractivity contribution in [2.75, 3.05) is 5.32 Å². The quantitative estimate of drug-likeness (QED) is 0.649. The molecule has 4 rings (SSSR count). The van der Waals surface area contributed by atoms with Crippen molar-refractivity contribution in [3.05, 3.63) is 70.3 Å². The van der Waals surface area contributed by atoms with Gasteiger partial charge in [0.2, 0.25) is 5.91 Å². The second-order valence-electron chi connectivity index (χ2n) is 7.73.